The van der Waals surface area contributed by atoms with E-state index in [0.29, 0.717) is 17.9 Å². The lowest BCUT2D eigenvalue weighted by Crippen LogP contribution is -2.01. The number of para-hydroxylation sites is 2. The molecule has 5 heteroatoms. The molecular formula is C19H19N3O2. The fourth-order valence-electron chi connectivity index (χ4n) is 2.81. The van der Waals surface area contributed by atoms with E-state index in [4.69, 9.17) is 19.7 Å². The number of benzene rings is 2. The van der Waals surface area contributed by atoms with Crippen molar-refractivity contribution in [2.75, 3.05) is 14.2 Å². The molecule has 0 saturated heterocycles. The van der Waals surface area contributed by atoms with Crippen molar-refractivity contribution >= 4 is 11.0 Å². The molecule has 1 heterocycles. The van der Waals surface area contributed by atoms with Crippen LogP contribution in [0.2, 0.25) is 0 Å². The first-order valence-electron chi connectivity index (χ1n) is 7.83. The number of fused-ring (bicyclic) bond motifs is 1. The summed E-state index contributed by atoms with van der Waals surface area (Å²) < 4.78 is 12.9. The molecule has 5 nitrogen and oxygen atoms in total. The molecule has 3 rings (SSSR count). The zero-order valence-corrected chi connectivity index (χ0v) is 13.8. The summed E-state index contributed by atoms with van der Waals surface area (Å²) in [5.74, 6) is 2.23. The summed E-state index contributed by atoms with van der Waals surface area (Å²) in [6.07, 6.45) is 1.31. The molecule has 122 valence electrons. The highest BCUT2D eigenvalue weighted by atomic mass is 16.5. The van der Waals surface area contributed by atoms with Gasteiger partial charge in [-0.15, -0.1) is 0 Å². The Morgan fingerprint density at radius 2 is 1.88 bits per heavy atom. The van der Waals surface area contributed by atoms with Crippen LogP contribution in [-0.2, 0) is 6.54 Å². The van der Waals surface area contributed by atoms with E-state index in [1.165, 1.54) is 0 Å². The lowest BCUT2D eigenvalue weighted by Gasteiger charge is -2.11. The average Bonchev–Trinajstić information content (AvgIpc) is 3.00. The second-order valence-corrected chi connectivity index (χ2v) is 5.41. The van der Waals surface area contributed by atoms with Gasteiger partial charge in [-0.1, -0.05) is 12.1 Å². The van der Waals surface area contributed by atoms with Crippen molar-refractivity contribution in [1.82, 2.24) is 9.55 Å². The van der Waals surface area contributed by atoms with E-state index in [2.05, 4.69) is 16.7 Å². The number of methoxy groups -OCH3 is 2. The molecule has 0 radical (unpaired) electrons. The van der Waals surface area contributed by atoms with Gasteiger partial charge in [0.25, 0.3) is 0 Å². The van der Waals surface area contributed by atoms with Crippen molar-refractivity contribution in [3.8, 4) is 29.0 Å². The molecule has 0 aliphatic heterocycles. The van der Waals surface area contributed by atoms with E-state index < -0.39 is 0 Å². The Bertz CT molecular complexity index is 893. The highest BCUT2D eigenvalue weighted by Gasteiger charge is 2.14. The molecule has 24 heavy (non-hydrogen) atoms. The minimum atomic E-state index is 0.526. The number of imidazole rings is 1. The van der Waals surface area contributed by atoms with Crippen LogP contribution < -0.4 is 9.47 Å². The van der Waals surface area contributed by atoms with Gasteiger partial charge < -0.3 is 14.0 Å². The van der Waals surface area contributed by atoms with E-state index in [-0.39, 0.29) is 0 Å². The Kier molecular flexibility index (Phi) is 4.66. The number of nitriles is 1. The molecule has 0 aliphatic carbocycles. The highest BCUT2D eigenvalue weighted by Crippen LogP contribution is 2.33. The first-order chi connectivity index (χ1) is 11.8. The molecule has 0 spiro atoms. The normalized spacial score (nSPS) is 10.5. The van der Waals surface area contributed by atoms with Crippen molar-refractivity contribution in [3.05, 3.63) is 42.5 Å². The van der Waals surface area contributed by atoms with Gasteiger partial charge in [-0.3, -0.25) is 0 Å². The number of aryl methyl sites for hydroxylation is 1. The van der Waals surface area contributed by atoms with Crippen LogP contribution in [-0.4, -0.2) is 23.8 Å². The molecule has 2 aromatic carbocycles. The Balaban J connectivity index is 2.11. The third-order valence-corrected chi connectivity index (χ3v) is 3.97. The number of hydrogen-bond donors (Lipinski definition) is 0. The fourth-order valence-corrected chi connectivity index (χ4v) is 2.81. The lowest BCUT2D eigenvalue weighted by molar-refractivity contribution is 0.355. The second kappa shape index (κ2) is 7.05. The first-order valence-corrected chi connectivity index (χ1v) is 7.83. The molecule has 1 aromatic heterocycles. The van der Waals surface area contributed by atoms with Gasteiger partial charge in [0.05, 0.1) is 31.3 Å². The second-order valence-electron chi connectivity index (χ2n) is 5.41. The van der Waals surface area contributed by atoms with Gasteiger partial charge in [0, 0.05) is 18.5 Å². The van der Waals surface area contributed by atoms with Crippen molar-refractivity contribution in [2.45, 2.75) is 19.4 Å². The van der Waals surface area contributed by atoms with E-state index in [1.807, 2.05) is 36.4 Å². The third-order valence-electron chi connectivity index (χ3n) is 3.97. The van der Waals surface area contributed by atoms with Gasteiger partial charge in [-0.05, 0) is 36.8 Å². The maximum absolute atomic E-state index is 8.82. The summed E-state index contributed by atoms with van der Waals surface area (Å²) in [5.41, 5.74) is 2.97. The zero-order valence-electron chi connectivity index (χ0n) is 13.8. The van der Waals surface area contributed by atoms with Crippen molar-refractivity contribution in [1.29, 1.82) is 5.26 Å². The summed E-state index contributed by atoms with van der Waals surface area (Å²) in [6, 6.07) is 16.0. The van der Waals surface area contributed by atoms with Crippen LogP contribution in [0.1, 0.15) is 12.8 Å². The van der Waals surface area contributed by atoms with Crippen LogP contribution in [0.3, 0.4) is 0 Å². The van der Waals surface area contributed by atoms with Crippen LogP contribution in [0.25, 0.3) is 22.4 Å². The van der Waals surface area contributed by atoms with Gasteiger partial charge in [0.15, 0.2) is 11.5 Å². The van der Waals surface area contributed by atoms with Gasteiger partial charge in [0.2, 0.25) is 0 Å². The molecular weight excluding hydrogens is 302 g/mol. The van der Waals surface area contributed by atoms with Crippen LogP contribution in [0.4, 0.5) is 0 Å². The molecule has 0 aliphatic rings. The van der Waals surface area contributed by atoms with Crippen LogP contribution in [0.5, 0.6) is 11.5 Å². The number of rotatable bonds is 6. The maximum Gasteiger partial charge on any atom is 0.161 e. The van der Waals surface area contributed by atoms with Crippen LogP contribution >= 0.6 is 0 Å². The predicted octanol–water partition coefficient (Wildman–Crippen LogP) is 4.02. The molecule has 0 fully saturated rings. The monoisotopic (exact) mass is 321 g/mol. The molecule has 0 saturated carbocycles. The summed E-state index contributed by atoms with van der Waals surface area (Å²) in [4.78, 5) is 4.78. The maximum atomic E-state index is 8.82. The number of unbranched alkanes of at least 4 members (excludes halogenated alkanes) is 1. The number of nitrogens with zero attached hydrogens (tertiary/aromatic N) is 3. The van der Waals surface area contributed by atoms with Crippen LogP contribution in [0.15, 0.2) is 42.5 Å². The van der Waals surface area contributed by atoms with E-state index in [0.717, 1.165) is 35.4 Å². The summed E-state index contributed by atoms with van der Waals surface area (Å²) in [6.45, 7) is 0.748. The smallest absolute Gasteiger partial charge is 0.161 e. The van der Waals surface area contributed by atoms with Crippen LogP contribution in [0, 0.1) is 11.3 Å². The molecule has 0 unspecified atom stereocenters. The van der Waals surface area contributed by atoms with E-state index in [9.17, 15) is 0 Å². The van der Waals surface area contributed by atoms with E-state index in [1.54, 1.807) is 14.2 Å². The van der Waals surface area contributed by atoms with Crippen molar-refractivity contribution < 1.29 is 9.47 Å². The first kappa shape index (κ1) is 15.9. The standard InChI is InChI=1S/C19H19N3O2/c1-23-17-10-9-14(13-18(17)24-2)19-21-15-7-3-4-8-16(15)22(19)12-6-5-11-20/h3-4,7-10,13H,5-6,12H2,1-2H3. The minimum Gasteiger partial charge on any atom is -0.493 e. The average molecular weight is 321 g/mol. The lowest BCUT2D eigenvalue weighted by atomic mass is 10.2. The van der Waals surface area contributed by atoms with Gasteiger partial charge in [0.1, 0.15) is 5.82 Å². The van der Waals surface area contributed by atoms with Gasteiger partial charge in [-0.25, -0.2) is 4.98 Å². The topological polar surface area (TPSA) is 60.1 Å². The quantitative estimate of drug-likeness (QED) is 0.643. The summed E-state index contributed by atoms with van der Waals surface area (Å²) in [5, 5.41) is 8.82. The Labute approximate surface area is 141 Å². The van der Waals surface area contributed by atoms with Crippen molar-refractivity contribution in [2.24, 2.45) is 0 Å². The molecule has 0 atom stereocenters. The van der Waals surface area contributed by atoms with Gasteiger partial charge in [-0.2, -0.15) is 5.26 Å². The SMILES string of the molecule is COc1ccc(-c2nc3ccccc3n2CCCC#N)cc1OC. The van der Waals surface area contributed by atoms with E-state index >= 15 is 0 Å². The van der Waals surface area contributed by atoms with Crippen molar-refractivity contribution in [3.63, 3.8) is 0 Å². The summed E-state index contributed by atoms with van der Waals surface area (Å²) in [7, 11) is 3.24. The predicted molar refractivity (Wildman–Crippen MR) is 93.1 cm³/mol. The Morgan fingerprint density at radius 1 is 1.08 bits per heavy atom. The molecule has 0 bridgehead atoms. The Hall–Kier alpha value is -3.00. The molecule has 0 N–H and O–H groups in total. The zero-order chi connectivity index (χ0) is 16.9. The Morgan fingerprint density at radius 3 is 2.62 bits per heavy atom. The number of ether oxygens (including phenoxy) is 2. The fraction of sp³-hybridized carbons (Fsp3) is 0.263. The summed E-state index contributed by atoms with van der Waals surface area (Å²) >= 11 is 0. The molecule has 3 aromatic rings. The molecule has 0 amide bonds. The highest BCUT2D eigenvalue weighted by molar-refractivity contribution is 5.81. The third kappa shape index (κ3) is 2.91. The number of hydrogen-bond acceptors (Lipinski definition) is 4. The minimum absolute atomic E-state index is 0.526. The van der Waals surface area contributed by atoms with Gasteiger partial charge >= 0.3 is 0 Å². The number of aromatic nitrogens is 2. The largest absolute Gasteiger partial charge is 0.493 e.